The smallest absolute Gasteiger partial charge is 0.458 e. The largest absolute Gasteiger partial charge is 0.488 e. The first-order valence-corrected chi connectivity index (χ1v) is 34.6. The molecule has 15 aromatic rings. The lowest BCUT2D eigenvalue weighted by atomic mass is 9.67. The van der Waals surface area contributed by atoms with Crippen LogP contribution in [0.1, 0.15) is 67.4 Å². The Morgan fingerprint density at radius 2 is 0.814 bits per heavy atom. The van der Waals surface area contributed by atoms with Gasteiger partial charge in [-0.25, -0.2) is 4.79 Å². The second-order valence-corrected chi connectivity index (χ2v) is 25.5. The molecule has 0 fully saturated rings. The van der Waals surface area contributed by atoms with Crippen LogP contribution in [-0.4, -0.2) is 41.1 Å². The number of carbonyl (C=O) groups excluding carboxylic acids is 2. The van der Waals surface area contributed by atoms with Crippen molar-refractivity contribution in [3.05, 3.63) is 443 Å². The summed E-state index contributed by atoms with van der Waals surface area (Å²) in [5.74, 6) is -0.256. The molecule has 6 nitrogen and oxygen atoms in total. The Balaban J connectivity index is 0.000000120. The summed E-state index contributed by atoms with van der Waals surface area (Å²) in [7, 11) is 0.0236. The number of fused-ring (bicyclic) bond motifs is 8. The van der Waals surface area contributed by atoms with Gasteiger partial charge < -0.3 is 19.9 Å². The topological polar surface area (TPSA) is 104 Å². The number of rotatable bonds is 10. The Bertz CT molecular complexity index is 5400. The van der Waals surface area contributed by atoms with Crippen LogP contribution in [0.5, 0.6) is 0 Å². The fraction of sp³-hybridized carbons (Fsp3) is 0.0426. The lowest BCUT2D eigenvalue weighted by Gasteiger charge is -2.33. The minimum absolute atomic E-state index is 0.101. The minimum atomic E-state index is -1.34. The Morgan fingerprint density at radius 1 is 0.412 bits per heavy atom. The predicted octanol–water partition coefficient (Wildman–Crippen LogP) is 20.8. The molecule has 0 saturated heterocycles. The van der Waals surface area contributed by atoms with Gasteiger partial charge in [-0.3, -0.25) is 4.79 Å². The molecule has 492 valence electrons. The van der Waals surface area contributed by atoms with E-state index < -0.39 is 12.7 Å². The zero-order valence-corrected chi connectivity index (χ0v) is 57.9. The molecule has 0 saturated carbocycles. The van der Waals surface area contributed by atoms with Gasteiger partial charge in [-0.15, -0.1) is 0 Å². The maximum absolute atomic E-state index is 12.4. The average Bonchev–Trinajstić information content (AvgIpc) is 1.52. The lowest BCUT2D eigenvalue weighted by Crippen LogP contribution is -2.29. The molecule has 8 heteroatoms. The number of ether oxygens (including phenoxy) is 1. The van der Waals surface area contributed by atoms with Crippen molar-refractivity contribution in [3.8, 4) is 33.4 Å². The molecule has 0 heterocycles. The van der Waals surface area contributed by atoms with Crippen molar-refractivity contribution in [2.24, 2.45) is 0 Å². The van der Waals surface area contributed by atoms with E-state index in [-0.39, 0.29) is 17.2 Å². The molecule has 3 N–H and O–H groups in total. The molecule has 0 radical (unpaired) electrons. The summed E-state index contributed by atoms with van der Waals surface area (Å²) in [5, 5.41) is 36.8. The third kappa shape index (κ3) is 13.9. The summed E-state index contributed by atoms with van der Waals surface area (Å²) in [6.45, 7) is 1.62. The van der Waals surface area contributed by atoms with Crippen LogP contribution in [0.2, 0.25) is 0 Å². The SMILES string of the molecule is CC(=O)c1ccc2ccccc2c1-c1ccccc1.COC(=O)C1=C(Br)c2ccccc2[C+]=C1.OB(O)c1ccccc1.OC(c1ccccc1)(c1ccccc1)c1ccc2ccccc2c1-c1ccccc1.c1ccc(C2(c3ccccc3)c3ccccc3-c3c2ccc2ccccc32)cc1. The van der Waals surface area contributed by atoms with Gasteiger partial charge in [0.25, 0.3) is 0 Å². The standard InChI is InChI=1S/C29H22O.C29H20.C18H14O.C12H8BrO2.C6H7BO2/c30-29(24-15-6-2-7-16-24,25-17-8-3-9-18-25)27-21-20-22-12-10-11-19-26(22)28(27)23-13-4-1-5-14-23;1-3-12-22(13-4-1)29(23-14-5-2-6-15-23)26-18-10-9-17-25(26)28-24-16-8-7-11-21(24)19-20-27(28)29;1-13(19)16-12-11-14-7-5-6-10-17(14)18(16)15-8-3-2-4-9-15;1-15-12(14)10-7-6-8-4-2-3-5-9(8)11(10)13;8-7(9)6-4-2-1-3-5-6/h1-21,30H;1-20H;2-12H,1H3;2-5,7H,1H3;1-5,8-9H/q;;;+1;. The maximum Gasteiger partial charge on any atom is 0.488 e. The predicted molar refractivity (Wildman–Crippen MR) is 422 cm³/mol. The van der Waals surface area contributed by atoms with Crippen LogP contribution in [0.4, 0.5) is 0 Å². The summed E-state index contributed by atoms with van der Waals surface area (Å²) < 4.78 is 5.43. The summed E-state index contributed by atoms with van der Waals surface area (Å²) >= 11 is 3.40. The third-order valence-corrected chi connectivity index (χ3v) is 19.6. The summed E-state index contributed by atoms with van der Waals surface area (Å²) in [6.07, 6.45) is 4.68. The molecule has 15 aromatic carbocycles. The zero-order chi connectivity index (χ0) is 70.4. The molecule has 0 aromatic heterocycles. The van der Waals surface area contributed by atoms with E-state index in [1.165, 1.54) is 51.3 Å². The molecular weight excluding hydrogens is 1320 g/mol. The van der Waals surface area contributed by atoms with Crippen molar-refractivity contribution in [2.75, 3.05) is 7.11 Å². The normalized spacial score (nSPS) is 12.0. The Kier molecular flexibility index (Phi) is 21.2. The van der Waals surface area contributed by atoms with Gasteiger partial charge >= 0.3 is 13.1 Å². The van der Waals surface area contributed by atoms with E-state index in [4.69, 9.17) is 10.0 Å². The molecule has 2 aliphatic rings. The molecule has 0 spiro atoms. The molecule has 0 bridgehead atoms. The van der Waals surface area contributed by atoms with E-state index in [1.54, 1.807) is 37.3 Å². The fourth-order valence-corrected chi connectivity index (χ4v) is 14.7. The van der Waals surface area contributed by atoms with Gasteiger partial charge in [0.1, 0.15) is 10.1 Å². The summed E-state index contributed by atoms with van der Waals surface area (Å²) in [4.78, 5) is 23.3. The van der Waals surface area contributed by atoms with Crippen molar-refractivity contribution in [3.63, 3.8) is 0 Å². The monoisotopic (exact) mass is 1390 g/mol. The number of ketones is 1. The summed E-state index contributed by atoms with van der Waals surface area (Å²) in [5.41, 5.74) is 17.1. The van der Waals surface area contributed by atoms with Crippen LogP contribution in [0, 0.1) is 6.08 Å². The van der Waals surface area contributed by atoms with Crippen LogP contribution in [0.3, 0.4) is 0 Å². The highest BCUT2D eigenvalue weighted by molar-refractivity contribution is 9.15. The second kappa shape index (κ2) is 31.5. The van der Waals surface area contributed by atoms with Gasteiger partial charge in [-0.05, 0) is 140 Å². The number of hydrogen-bond donors (Lipinski definition) is 3. The average molecular weight is 1390 g/mol. The van der Waals surface area contributed by atoms with Gasteiger partial charge in [0.2, 0.25) is 0 Å². The molecule has 17 rings (SSSR count). The molecular formula is C94H71BBrO6+. The number of Topliss-reactive ketones (excluding diaryl/α,β-unsaturated/α-hetero) is 1. The fourth-order valence-electron chi connectivity index (χ4n) is 14.1. The number of hydrogen-bond acceptors (Lipinski definition) is 6. The molecule has 0 amide bonds. The third-order valence-electron chi connectivity index (χ3n) is 18.8. The Morgan fingerprint density at radius 3 is 1.31 bits per heavy atom. The van der Waals surface area contributed by atoms with Crippen molar-refractivity contribution in [1.29, 1.82) is 0 Å². The van der Waals surface area contributed by atoms with Gasteiger partial charge in [0.05, 0.1) is 24.2 Å². The molecule has 0 unspecified atom stereocenters. The number of esters is 1. The summed E-state index contributed by atoms with van der Waals surface area (Å²) in [6, 6.07) is 126. The Labute approximate surface area is 604 Å². The number of benzene rings is 15. The van der Waals surface area contributed by atoms with E-state index in [0.717, 1.165) is 81.7 Å². The molecule has 0 aliphatic heterocycles. The number of halogens is 1. The van der Waals surface area contributed by atoms with E-state index in [0.29, 0.717) is 11.0 Å². The maximum atomic E-state index is 12.4. The van der Waals surface area contributed by atoms with Crippen molar-refractivity contribution in [1.82, 2.24) is 0 Å². The van der Waals surface area contributed by atoms with Gasteiger partial charge in [0, 0.05) is 28.8 Å². The lowest BCUT2D eigenvalue weighted by molar-refractivity contribution is -0.135. The van der Waals surface area contributed by atoms with Crippen LogP contribution in [0.15, 0.2) is 382 Å². The molecule has 102 heavy (non-hydrogen) atoms. The van der Waals surface area contributed by atoms with E-state index in [2.05, 4.69) is 209 Å². The highest BCUT2D eigenvalue weighted by Gasteiger charge is 2.46. The van der Waals surface area contributed by atoms with Crippen molar-refractivity contribution in [2.45, 2.75) is 17.9 Å². The minimum Gasteiger partial charge on any atom is -0.458 e. The van der Waals surface area contributed by atoms with Crippen molar-refractivity contribution >= 4 is 77.1 Å². The highest BCUT2D eigenvalue weighted by Crippen LogP contribution is 2.58. The molecule has 0 atom stereocenters. The van der Waals surface area contributed by atoms with Crippen LogP contribution >= 0.6 is 15.9 Å². The highest BCUT2D eigenvalue weighted by atomic mass is 79.9. The quantitative estimate of drug-likeness (QED) is 0.0414. The van der Waals surface area contributed by atoms with E-state index in [1.807, 2.05) is 164 Å². The van der Waals surface area contributed by atoms with E-state index in [9.17, 15) is 14.7 Å². The van der Waals surface area contributed by atoms with Gasteiger partial charge in [-0.2, -0.15) is 0 Å². The van der Waals surface area contributed by atoms with Gasteiger partial charge in [-0.1, -0.05) is 346 Å². The number of aliphatic hydroxyl groups is 1. The second-order valence-electron chi connectivity index (χ2n) is 24.7. The van der Waals surface area contributed by atoms with E-state index >= 15 is 0 Å². The van der Waals surface area contributed by atoms with Crippen molar-refractivity contribution < 1.29 is 29.5 Å². The molecule has 2 aliphatic carbocycles. The number of methoxy groups -OCH3 is 1. The number of carbonyl (C=O) groups is 2. The van der Waals surface area contributed by atoms with Crippen LogP contribution in [-0.2, 0) is 20.5 Å². The zero-order valence-electron chi connectivity index (χ0n) is 56.3. The first kappa shape index (κ1) is 68.6. The van der Waals surface area contributed by atoms with Crippen LogP contribution in [0.25, 0.3) is 70.2 Å². The first-order valence-electron chi connectivity index (χ1n) is 33.8. The van der Waals surface area contributed by atoms with Gasteiger partial charge in [0.15, 0.2) is 16.9 Å². The van der Waals surface area contributed by atoms with Crippen LogP contribution < -0.4 is 5.46 Å². The Hall–Kier alpha value is -12.0. The first-order chi connectivity index (χ1) is 50.0.